The minimum atomic E-state index is -2.67. The van der Waals surface area contributed by atoms with E-state index in [9.17, 15) is 13.6 Å². The molecule has 0 bridgehead atoms. The van der Waals surface area contributed by atoms with Crippen molar-refractivity contribution >= 4 is 11.7 Å². The predicted molar refractivity (Wildman–Crippen MR) is 99.3 cm³/mol. The Kier molecular flexibility index (Phi) is 5.91. The number of halogens is 2. The quantitative estimate of drug-likeness (QED) is 0.621. The van der Waals surface area contributed by atoms with Gasteiger partial charge in [-0.25, -0.2) is 18.3 Å². The van der Waals surface area contributed by atoms with Crippen LogP contribution >= 0.6 is 0 Å². The summed E-state index contributed by atoms with van der Waals surface area (Å²) in [5.41, 5.74) is 2.41. The molecule has 0 atom stereocenters. The fourth-order valence-electron chi connectivity index (χ4n) is 3.12. The number of alkyl halides is 2. The van der Waals surface area contributed by atoms with Gasteiger partial charge in [0.05, 0.1) is 11.3 Å². The molecule has 7 nitrogen and oxygen atoms in total. The number of hydrogen-bond donors (Lipinski definition) is 0. The summed E-state index contributed by atoms with van der Waals surface area (Å²) in [5.74, 6) is 0.0685. The van der Waals surface area contributed by atoms with E-state index in [1.54, 1.807) is 11.0 Å². The number of pyridine rings is 1. The van der Waals surface area contributed by atoms with Crippen molar-refractivity contribution in [3.63, 3.8) is 0 Å². The van der Waals surface area contributed by atoms with E-state index in [0.717, 1.165) is 5.69 Å². The van der Waals surface area contributed by atoms with Crippen molar-refractivity contribution in [1.29, 1.82) is 0 Å². The molecular weight excluding hydrogens is 366 g/mol. The number of nitrogens with zero attached hydrogens (tertiary/aromatic N) is 6. The fraction of sp³-hybridized carbons (Fsp3) is 0.421. The van der Waals surface area contributed by atoms with Gasteiger partial charge in [-0.3, -0.25) is 9.78 Å². The highest BCUT2D eigenvalue weighted by Gasteiger charge is 2.18. The summed E-state index contributed by atoms with van der Waals surface area (Å²) in [6.07, 6.45) is -0.321. The van der Waals surface area contributed by atoms with Gasteiger partial charge in [0.2, 0.25) is 0 Å². The normalized spacial score (nSPS) is 11.4. The van der Waals surface area contributed by atoms with Crippen molar-refractivity contribution in [1.82, 2.24) is 29.5 Å². The van der Waals surface area contributed by atoms with Gasteiger partial charge in [0.15, 0.2) is 0 Å². The van der Waals surface area contributed by atoms with Crippen molar-refractivity contribution in [2.24, 2.45) is 0 Å². The smallest absolute Gasteiger partial charge is 0.280 e. The fourth-order valence-corrected chi connectivity index (χ4v) is 3.12. The van der Waals surface area contributed by atoms with Crippen LogP contribution in [-0.2, 0) is 6.42 Å². The zero-order chi connectivity index (χ0) is 20.3. The van der Waals surface area contributed by atoms with Crippen LogP contribution in [0, 0.1) is 13.8 Å². The lowest BCUT2D eigenvalue weighted by Gasteiger charge is -2.22. The molecule has 0 aliphatic carbocycles. The van der Waals surface area contributed by atoms with Crippen molar-refractivity contribution in [2.75, 3.05) is 13.1 Å². The van der Waals surface area contributed by atoms with Crippen molar-refractivity contribution in [3.05, 3.63) is 52.9 Å². The summed E-state index contributed by atoms with van der Waals surface area (Å²) in [5, 5.41) is 4.05. The molecule has 1 amide bonds. The number of fused-ring (bicyclic) bond motifs is 1. The van der Waals surface area contributed by atoms with Gasteiger partial charge in [-0.2, -0.15) is 10.1 Å². The van der Waals surface area contributed by atoms with Gasteiger partial charge in [0.25, 0.3) is 18.1 Å². The van der Waals surface area contributed by atoms with Gasteiger partial charge >= 0.3 is 0 Å². The standard InChI is InChI=1S/C19H22F2N6O/c1-4-26(18(28)15-8-7-12(2)24-13(15)3)9-5-6-14-10-16(17(20)21)25-19-22-11-23-27(14)19/h7-8,10-11,17H,4-6,9H2,1-3H3. The monoisotopic (exact) mass is 388 g/mol. The molecule has 3 heterocycles. The van der Waals surface area contributed by atoms with Crippen LogP contribution in [-0.4, -0.2) is 48.5 Å². The average molecular weight is 388 g/mol. The summed E-state index contributed by atoms with van der Waals surface area (Å²) in [6, 6.07) is 4.95. The zero-order valence-corrected chi connectivity index (χ0v) is 16.1. The first-order valence-electron chi connectivity index (χ1n) is 9.12. The molecule has 3 aromatic heterocycles. The molecule has 0 aliphatic heterocycles. The first-order valence-corrected chi connectivity index (χ1v) is 9.12. The van der Waals surface area contributed by atoms with Crippen LogP contribution in [0.3, 0.4) is 0 Å². The molecule has 0 saturated heterocycles. The molecule has 0 saturated carbocycles. The second-order valence-corrected chi connectivity index (χ2v) is 6.52. The molecule has 0 fully saturated rings. The number of carbonyl (C=O) groups excluding carboxylic acids is 1. The van der Waals surface area contributed by atoms with Crippen LogP contribution in [0.4, 0.5) is 8.78 Å². The summed E-state index contributed by atoms with van der Waals surface area (Å²) in [4.78, 5) is 26.6. The molecule has 0 aliphatic rings. The number of hydrogen-bond acceptors (Lipinski definition) is 5. The van der Waals surface area contributed by atoms with Crippen molar-refractivity contribution in [2.45, 2.75) is 40.0 Å². The van der Waals surface area contributed by atoms with Gasteiger partial charge in [-0.05, 0) is 51.8 Å². The van der Waals surface area contributed by atoms with Gasteiger partial charge in [0.1, 0.15) is 12.0 Å². The Balaban J connectivity index is 1.72. The third-order valence-electron chi connectivity index (χ3n) is 4.55. The van der Waals surface area contributed by atoms with E-state index in [-0.39, 0.29) is 17.4 Å². The number of rotatable bonds is 7. The van der Waals surface area contributed by atoms with Crippen LogP contribution in [0.1, 0.15) is 52.9 Å². The largest absolute Gasteiger partial charge is 0.339 e. The van der Waals surface area contributed by atoms with Gasteiger partial charge in [-0.15, -0.1) is 0 Å². The third-order valence-corrected chi connectivity index (χ3v) is 4.55. The minimum absolute atomic E-state index is 0.0820. The molecule has 0 N–H and O–H groups in total. The molecule has 0 unspecified atom stereocenters. The third kappa shape index (κ3) is 4.13. The summed E-state index contributed by atoms with van der Waals surface area (Å²) in [6.45, 7) is 6.64. The Bertz CT molecular complexity index is 988. The van der Waals surface area contributed by atoms with Crippen LogP contribution in [0.25, 0.3) is 5.78 Å². The summed E-state index contributed by atoms with van der Waals surface area (Å²) in [7, 11) is 0. The Morgan fingerprint density at radius 3 is 2.71 bits per heavy atom. The Morgan fingerprint density at radius 1 is 1.25 bits per heavy atom. The number of amides is 1. The Morgan fingerprint density at radius 2 is 2.04 bits per heavy atom. The number of aromatic nitrogens is 5. The zero-order valence-electron chi connectivity index (χ0n) is 16.1. The first kappa shape index (κ1) is 19.8. The number of aryl methyl sites for hydroxylation is 3. The van der Waals surface area contributed by atoms with E-state index < -0.39 is 6.43 Å². The maximum absolute atomic E-state index is 13.1. The van der Waals surface area contributed by atoms with Gasteiger partial charge < -0.3 is 4.90 Å². The second-order valence-electron chi connectivity index (χ2n) is 6.52. The maximum atomic E-state index is 13.1. The molecule has 3 rings (SSSR count). The second kappa shape index (κ2) is 8.37. The van der Waals surface area contributed by atoms with Crippen LogP contribution < -0.4 is 0 Å². The van der Waals surface area contributed by atoms with E-state index in [1.807, 2.05) is 26.8 Å². The van der Waals surface area contributed by atoms with E-state index in [0.29, 0.717) is 42.9 Å². The van der Waals surface area contributed by atoms with Gasteiger partial charge in [0, 0.05) is 24.5 Å². The Hall–Kier alpha value is -2.97. The summed E-state index contributed by atoms with van der Waals surface area (Å²) < 4.78 is 27.6. The van der Waals surface area contributed by atoms with Crippen LogP contribution in [0.2, 0.25) is 0 Å². The highest BCUT2D eigenvalue weighted by Crippen LogP contribution is 2.19. The van der Waals surface area contributed by atoms with E-state index >= 15 is 0 Å². The molecule has 0 spiro atoms. The van der Waals surface area contributed by atoms with Gasteiger partial charge in [-0.1, -0.05) is 0 Å². The highest BCUT2D eigenvalue weighted by atomic mass is 19.3. The first-order chi connectivity index (χ1) is 13.4. The average Bonchev–Trinajstić information content (AvgIpc) is 3.13. The van der Waals surface area contributed by atoms with E-state index in [4.69, 9.17) is 0 Å². The minimum Gasteiger partial charge on any atom is -0.339 e. The summed E-state index contributed by atoms with van der Waals surface area (Å²) >= 11 is 0. The molecule has 0 aromatic carbocycles. The highest BCUT2D eigenvalue weighted by molar-refractivity contribution is 5.95. The topological polar surface area (TPSA) is 76.3 Å². The predicted octanol–water partition coefficient (Wildman–Crippen LogP) is 3.17. The molecular formula is C19H22F2N6O. The number of carbonyl (C=O) groups is 1. The van der Waals surface area contributed by atoms with Crippen LogP contribution in [0.15, 0.2) is 24.5 Å². The Labute approximate surface area is 161 Å². The lowest BCUT2D eigenvalue weighted by Crippen LogP contribution is -2.32. The molecule has 9 heteroatoms. The molecule has 3 aromatic rings. The molecule has 0 radical (unpaired) electrons. The molecule has 28 heavy (non-hydrogen) atoms. The SMILES string of the molecule is CCN(CCCc1cc(C(F)F)nc2ncnn12)C(=O)c1ccc(C)nc1C. The lowest BCUT2D eigenvalue weighted by molar-refractivity contribution is 0.0761. The lowest BCUT2D eigenvalue weighted by atomic mass is 10.1. The molecule has 148 valence electrons. The van der Waals surface area contributed by atoms with E-state index in [1.165, 1.54) is 16.9 Å². The van der Waals surface area contributed by atoms with Crippen molar-refractivity contribution < 1.29 is 13.6 Å². The van der Waals surface area contributed by atoms with Crippen LogP contribution in [0.5, 0.6) is 0 Å². The van der Waals surface area contributed by atoms with E-state index in [2.05, 4.69) is 20.1 Å². The maximum Gasteiger partial charge on any atom is 0.280 e. The van der Waals surface area contributed by atoms with Crippen molar-refractivity contribution in [3.8, 4) is 0 Å².